The summed E-state index contributed by atoms with van der Waals surface area (Å²) >= 11 is 0. The minimum atomic E-state index is 0.0951. The Morgan fingerprint density at radius 2 is 2.20 bits per heavy atom. The predicted octanol–water partition coefficient (Wildman–Crippen LogP) is -0.194. The van der Waals surface area contributed by atoms with Gasteiger partial charge in [-0.25, -0.2) is 0 Å². The van der Waals surface area contributed by atoms with Crippen molar-refractivity contribution < 1.29 is 9.59 Å². The van der Waals surface area contributed by atoms with Crippen molar-refractivity contribution in [1.82, 2.24) is 4.90 Å². The van der Waals surface area contributed by atoms with E-state index in [-0.39, 0.29) is 23.7 Å². The van der Waals surface area contributed by atoms with Crippen LogP contribution in [0.2, 0.25) is 0 Å². The standard InChI is InChI=1S/C7H9NO2/c1-4-5-2-7(10)8(5)3-6(4)9/h4-5H,2-3H2,1H3. The van der Waals surface area contributed by atoms with Crippen LogP contribution in [0.5, 0.6) is 0 Å². The molecule has 0 saturated carbocycles. The average Bonchev–Trinajstić information content (AvgIpc) is 2.12. The number of fused-ring (bicyclic) bond motifs is 1. The van der Waals surface area contributed by atoms with Crippen molar-refractivity contribution in [3.8, 4) is 0 Å². The Hall–Kier alpha value is -0.860. The third kappa shape index (κ3) is 0.503. The number of Topliss-reactive ketones (excluding diaryl/α,β-unsaturated/α-hetero) is 1. The molecule has 2 saturated heterocycles. The van der Waals surface area contributed by atoms with Gasteiger partial charge < -0.3 is 4.90 Å². The van der Waals surface area contributed by atoms with Gasteiger partial charge in [-0.3, -0.25) is 9.59 Å². The maximum Gasteiger partial charge on any atom is 0.225 e. The van der Waals surface area contributed by atoms with E-state index in [4.69, 9.17) is 0 Å². The molecule has 0 N–H and O–H groups in total. The van der Waals surface area contributed by atoms with Gasteiger partial charge in [0.2, 0.25) is 5.91 Å². The first-order valence-electron chi connectivity index (χ1n) is 3.52. The molecule has 2 unspecified atom stereocenters. The first-order chi connectivity index (χ1) is 4.70. The van der Waals surface area contributed by atoms with Crippen molar-refractivity contribution in [1.29, 1.82) is 0 Å². The summed E-state index contributed by atoms with van der Waals surface area (Å²) in [4.78, 5) is 23.4. The molecule has 2 aliphatic heterocycles. The first kappa shape index (κ1) is 5.89. The smallest absolute Gasteiger partial charge is 0.225 e. The molecule has 2 atom stereocenters. The zero-order valence-corrected chi connectivity index (χ0v) is 5.83. The van der Waals surface area contributed by atoms with Crippen LogP contribution in [0.15, 0.2) is 0 Å². The highest BCUT2D eigenvalue weighted by molar-refractivity contribution is 5.96. The molecule has 0 aromatic rings. The highest BCUT2D eigenvalue weighted by Crippen LogP contribution is 2.32. The number of rotatable bonds is 0. The van der Waals surface area contributed by atoms with Crippen molar-refractivity contribution >= 4 is 11.7 Å². The van der Waals surface area contributed by atoms with Gasteiger partial charge in [0, 0.05) is 12.3 Å². The van der Waals surface area contributed by atoms with Crippen LogP contribution in [0.3, 0.4) is 0 Å². The summed E-state index contributed by atoms with van der Waals surface area (Å²) in [6.45, 7) is 2.27. The monoisotopic (exact) mass is 139 g/mol. The Labute approximate surface area is 59.0 Å². The van der Waals surface area contributed by atoms with Crippen LogP contribution in [0.1, 0.15) is 13.3 Å². The van der Waals surface area contributed by atoms with Gasteiger partial charge in [0.25, 0.3) is 0 Å². The summed E-state index contributed by atoms with van der Waals surface area (Å²) in [5.74, 6) is 0.455. The third-order valence-corrected chi connectivity index (χ3v) is 2.52. The molecule has 2 rings (SSSR count). The summed E-state index contributed by atoms with van der Waals surface area (Å²) in [5, 5.41) is 0. The molecule has 0 radical (unpaired) electrons. The maximum absolute atomic E-state index is 11.0. The topological polar surface area (TPSA) is 37.4 Å². The molecule has 0 bridgehead atoms. The fraction of sp³-hybridized carbons (Fsp3) is 0.714. The number of ketones is 1. The van der Waals surface area contributed by atoms with Gasteiger partial charge in [0.05, 0.1) is 12.6 Å². The molecule has 0 spiro atoms. The van der Waals surface area contributed by atoms with E-state index in [9.17, 15) is 9.59 Å². The third-order valence-electron chi connectivity index (χ3n) is 2.52. The zero-order valence-electron chi connectivity index (χ0n) is 5.83. The molecule has 3 nitrogen and oxygen atoms in total. The number of nitrogens with zero attached hydrogens (tertiary/aromatic N) is 1. The molecule has 54 valence electrons. The van der Waals surface area contributed by atoms with E-state index in [0.29, 0.717) is 13.0 Å². The van der Waals surface area contributed by atoms with E-state index < -0.39 is 0 Å². The van der Waals surface area contributed by atoms with Gasteiger partial charge in [-0.1, -0.05) is 6.92 Å². The number of carbonyl (C=O) groups excluding carboxylic acids is 2. The number of hydrogen-bond acceptors (Lipinski definition) is 2. The van der Waals surface area contributed by atoms with Crippen LogP contribution in [0.25, 0.3) is 0 Å². The highest BCUT2D eigenvalue weighted by Gasteiger charge is 2.48. The maximum atomic E-state index is 11.0. The summed E-state index contributed by atoms with van der Waals surface area (Å²) in [6.07, 6.45) is 0.590. The number of β-lactam (4-membered cyclic amide) rings is 1. The van der Waals surface area contributed by atoms with Gasteiger partial charge in [0.15, 0.2) is 5.78 Å². The van der Waals surface area contributed by atoms with Crippen LogP contribution in [0, 0.1) is 5.92 Å². The summed E-state index contributed by atoms with van der Waals surface area (Å²) < 4.78 is 0. The number of carbonyl (C=O) groups is 2. The second-order valence-electron chi connectivity index (χ2n) is 3.05. The van der Waals surface area contributed by atoms with Gasteiger partial charge >= 0.3 is 0 Å². The van der Waals surface area contributed by atoms with E-state index in [1.807, 2.05) is 6.92 Å². The zero-order chi connectivity index (χ0) is 7.30. The molecular weight excluding hydrogens is 130 g/mol. The number of hydrogen-bond donors (Lipinski definition) is 0. The van der Waals surface area contributed by atoms with Crippen LogP contribution in [-0.2, 0) is 9.59 Å². The SMILES string of the molecule is CC1C(=O)CN2C(=O)CC12. The molecule has 2 fully saturated rings. The molecule has 0 aromatic heterocycles. The Balaban J connectivity index is 2.20. The van der Waals surface area contributed by atoms with Crippen molar-refractivity contribution in [2.45, 2.75) is 19.4 Å². The fourth-order valence-electron chi connectivity index (χ4n) is 1.66. The minimum Gasteiger partial charge on any atom is -0.331 e. The number of amides is 1. The molecule has 1 amide bonds. The van der Waals surface area contributed by atoms with Crippen LogP contribution >= 0.6 is 0 Å². The quantitative estimate of drug-likeness (QED) is 0.436. The predicted molar refractivity (Wildman–Crippen MR) is 34.3 cm³/mol. The Morgan fingerprint density at radius 1 is 1.50 bits per heavy atom. The van der Waals surface area contributed by atoms with Gasteiger partial charge in [-0.2, -0.15) is 0 Å². The second-order valence-corrected chi connectivity index (χ2v) is 3.05. The Bertz CT molecular complexity index is 212. The summed E-state index contributed by atoms with van der Waals surface area (Å²) in [6, 6.07) is 0.250. The Kier molecular flexibility index (Phi) is 0.938. The van der Waals surface area contributed by atoms with Gasteiger partial charge in [-0.15, -0.1) is 0 Å². The van der Waals surface area contributed by atoms with Crippen molar-refractivity contribution in [2.75, 3.05) is 6.54 Å². The van der Waals surface area contributed by atoms with Crippen LogP contribution in [0.4, 0.5) is 0 Å². The van der Waals surface area contributed by atoms with E-state index in [2.05, 4.69) is 0 Å². The second kappa shape index (κ2) is 1.59. The molecule has 2 aliphatic rings. The van der Waals surface area contributed by atoms with Gasteiger partial charge in [0.1, 0.15) is 0 Å². The van der Waals surface area contributed by atoms with E-state index >= 15 is 0 Å². The normalized spacial score (nSPS) is 37.9. The van der Waals surface area contributed by atoms with Crippen LogP contribution in [-0.4, -0.2) is 29.2 Å². The van der Waals surface area contributed by atoms with Crippen molar-refractivity contribution in [3.05, 3.63) is 0 Å². The lowest BCUT2D eigenvalue weighted by Crippen LogP contribution is -2.49. The lowest BCUT2D eigenvalue weighted by atomic mass is 9.94. The van der Waals surface area contributed by atoms with E-state index in [1.165, 1.54) is 0 Å². The molecule has 0 aromatic carbocycles. The Morgan fingerprint density at radius 3 is 2.60 bits per heavy atom. The molecule has 2 heterocycles. The lowest BCUT2D eigenvalue weighted by molar-refractivity contribution is -0.143. The van der Waals surface area contributed by atoms with Crippen LogP contribution < -0.4 is 0 Å². The molecule has 3 heteroatoms. The lowest BCUT2D eigenvalue weighted by Gasteiger charge is -2.35. The molecular formula is C7H9NO2. The summed E-state index contributed by atoms with van der Waals surface area (Å²) in [7, 11) is 0. The highest BCUT2D eigenvalue weighted by atomic mass is 16.2. The first-order valence-corrected chi connectivity index (χ1v) is 3.52. The van der Waals surface area contributed by atoms with E-state index in [0.717, 1.165) is 0 Å². The van der Waals surface area contributed by atoms with E-state index in [1.54, 1.807) is 4.90 Å². The summed E-state index contributed by atoms with van der Waals surface area (Å²) in [5.41, 5.74) is 0. The molecule has 10 heavy (non-hydrogen) atoms. The van der Waals surface area contributed by atoms with Gasteiger partial charge in [-0.05, 0) is 0 Å². The average molecular weight is 139 g/mol. The largest absolute Gasteiger partial charge is 0.331 e. The molecule has 0 aliphatic carbocycles. The van der Waals surface area contributed by atoms with Crippen molar-refractivity contribution in [3.63, 3.8) is 0 Å². The van der Waals surface area contributed by atoms with Crippen molar-refractivity contribution in [2.24, 2.45) is 5.92 Å². The fourth-order valence-corrected chi connectivity index (χ4v) is 1.66. The minimum absolute atomic E-state index is 0.0951.